The van der Waals surface area contributed by atoms with Crippen LogP contribution >= 0.6 is 28.6 Å². The maximum absolute atomic E-state index is 12.2. The monoisotopic (exact) mass is 372 g/mol. The Hall–Kier alpha value is -1.61. The number of hydrogen-bond acceptors (Lipinski definition) is 6. The van der Waals surface area contributed by atoms with Crippen LogP contribution in [0.15, 0.2) is 22.9 Å². The van der Waals surface area contributed by atoms with Crippen LogP contribution in [0.25, 0.3) is 5.65 Å². The lowest BCUT2D eigenvalue weighted by atomic mass is 10.3. The Balaban J connectivity index is 2.22. The summed E-state index contributed by atoms with van der Waals surface area (Å²) in [5, 5.41) is 6.67. The zero-order valence-electron chi connectivity index (χ0n) is 11.1. The average Bonchev–Trinajstić information content (AvgIpc) is 2.82. The van der Waals surface area contributed by atoms with E-state index in [0.717, 1.165) is 0 Å². The number of rotatable bonds is 5. The molecule has 112 valence electrons. The molecule has 9 heteroatoms. The molecule has 1 N–H and O–H groups in total. The molecule has 0 radical (unpaired) electrons. The third kappa shape index (κ3) is 3.35. The van der Waals surface area contributed by atoms with Crippen LogP contribution < -0.4 is 5.32 Å². The molecule has 0 fully saturated rings. The van der Waals surface area contributed by atoms with E-state index in [1.807, 2.05) is 0 Å². The summed E-state index contributed by atoms with van der Waals surface area (Å²) in [6.45, 7) is 1.93. The third-order valence-corrected chi connectivity index (χ3v) is 3.71. The fourth-order valence-corrected chi connectivity index (χ4v) is 2.44. The van der Waals surface area contributed by atoms with Gasteiger partial charge in [-0.15, -0.1) is 0 Å². The number of halogens is 1. The predicted molar refractivity (Wildman–Crippen MR) is 82.4 cm³/mol. The van der Waals surface area contributed by atoms with E-state index < -0.39 is 17.9 Å². The summed E-state index contributed by atoms with van der Waals surface area (Å²) in [6, 6.07) is 0.869. The summed E-state index contributed by atoms with van der Waals surface area (Å²) in [5.74, 6) is -0.897. The second-order valence-corrected chi connectivity index (χ2v) is 5.17. The van der Waals surface area contributed by atoms with E-state index in [-0.39, 0.29) is 18.1 Å². The molecule has 0 spiro atoms. The lowest BCUT2D eigenvalue weighted by molar-refractivity contribution is -0.144. The highest BCUT2D eigenvalue weighted by atomic mass is 79.9. The largest absolute Gasteiger partial charge is 0.464 e. The first kappa shape index (κ1) is 15.8. The second-order valence-electron chi connectivity index (χ2n) is 4.01. The van der Waals surface area contributed by atoms with Crippen LogP contribution in [0, 0.1) is 0 Å². The predicted octanol–water partition coefficient (Wildman–Crippen LogP) is 1.08. The molecule has 21 heavy (non-hydrogen) atoms. The van der Waals surface area contributed by atoms with E-state index in [0.29, 0.717) is 10.1 Å². The van der Waals surface area contributed by atoms with Crippen molar-refractivity contribution in [3.8, 4) is 0 Å². The van der Waals surface area contributed by atoms with E-state index in [2.05, 4.69) is 44.0 Å². The standard InChI is InChI=1S/C12H13BrN4O3S/c1-2-20-12(19)7(6-21)15-11(18)9-8(13)10-14-4-3-5-17(10)16-9/h3-5,7,21H,2,6H2,1H3,(H,15,18)/t7-/m0/s1. The molecule has 0 saturated heterocycles. The summed E-state index contributed by atoms with van der Waals surface area (Å²) in [6.07, 6.45) is 3.27. The quantitative estimate of drug-likeness (QED) is 0.605. The van der Waals surface area contributed by atoms with Gasteiger partial charge in [0.25, 0.3) is 5.91 Å². The molecule has 1 amide bonds. The molecule has 2 aromatic rings. The number of aromatic nitrogens is 3. The average molecular weight is 373 g/mol. The van der Waals surface area contributed by atoms with Crippen molar-refractivity contribution in [1.29, 1.82) is 0 Å². The summed E-state index contributed by atoms with van der Waals surface area (Å²) in [7, 11) is 0. The van der Waals surface area contributed by atoms with Crippen molar-refractivity contribution in [1.82, 2.24) is 19.9 Å². The van der Waals surface area contributed by atoms with Crippen LogP contribution in [0.3, 0.4) is 0 Å². The Morgan fingerprint density at radius 3 is 2.95 bits per heavy atom. The zero-order chi connectivity index (χ0) is 15.4. The van der Waals surface area contributed by atoms with Crippen molar-refractivity contribution in [2.45, 2.75) is 13.0 Å². The van der Waals surface area contributed by atoms with Gasteiger partial charge < -0.3 is 10.1 Å². The first-order chi connectivity index (χ1) is 10.1. The van der Waals surface area contributed by atoms with Gasteiger partial charge in [-0.3, -0.25) is 4.79 Å². The van der Waals surface area contributed by atoms with E-state index >= 15 is 0 Å². The minimum absolute atomic E-state index is 0.133. The molecule has 0 bridgehead atoms. The van der Waals surface area contributed by atoms with E-state index in [9.17, 15) is 9.59 Å². The molecule has 2 rings (SSSR count). The number of thiol groups is 1. The Kier molecular flexibility index (Phi) is 5.18. The fraction of sp³-hybridized carbons (Fsp3) is 0.333. The Labute approximate surface area is 134 Å². The van der Waals surface area contributed by atoms with Crippen molar-refractivity contribution in [2.75, 3.05) is 12.4 Å². The highest BCUT2D eigenvalue weighted by Gasteiger charge is 2.25. The van der Waals surface area contributed by atoms with Crippen LogP contribution in [-0.4, -0.2) is 44.9 Å². The first-order valence-electron chi connectivity index (χ1n) is 6.15. The Bertz CT molecular complexity index is 676. The molecular weight excluding hydrogens is 360 g/mol. The minimum Gasteiger partial charge on any atom is -0.464 e. The third-order valence-electron chi connectivity index (χ3n) is 2.61. The van der Waals surface area contributed by atoms with Crippen molar-refractivity contribution < 1.29 is 14.3 Å². The molecule has 0 unspecified atom stereocenters. The summed E-state index contributed by atoms with van der Waals surface area (Å²) >= 11 is 7.34. The van der Waals surface area contributed by atoms with Gasteiger partial charge in [0, 0.05) is 18.1 Å². The van der Waals surface area contributed by atoms with Gasteiger partial charge in [-0.2, -0.15) is 17.7 Å². The van der Waals surface area contributed by atoms with Crippen molar-refractivity contribution >= 4 is 46.1 Å². The molecule has 0 saturated carbocycles. The van der Waals surface area contributed by atoms with Crippen LogP contribution in [0.2, 0.25) is 0 Å². The number of nitrogens with zero attached hydrogens (tertiary/aromatic N) is 3. The van der Waals surface area contributed by atoms with E-state index in [1.54, 1.807) is 25.4 Å². The molecule has 7 nitrogen and oxygen atoms in total. The number of amides is 1. The molecule has 2 aromatic heterocycles. The molecule has 0 aliphatic carbocycles. The lowest BCUT2D eigenvalue weighted by Gasteiger charge is -2.14. The maximum atomic E-state index is 12.2. The molecule has 0 aromatic carbocycles. The van der Waals surface area contributed by atoms with Crippen LogP contribution in [0.4, 0.5) is 0 Å². The summed E-state index contributed by atoms with van der Waals surface area (Å²) in [5.41, 5.74) is 0.658. The number of carbonyl (C=O) groups is 2. The number of fused-ring (bicyclic) bond motifs is 1. The fourth-order valence-electron chi connectivity index (χ4n) is 1.65. The summed E-state index contributed by atoms with van der Waals surface area (Å²) < 4.78 is 6.80. The van der Waals surface area contributed by atoms with Crippen LogP contribution in [0.5, 0.6) is 0 Å². The number of hydrogen-bond donors (Lipinski definition) is 2. The molecular formula is C12H13BrN4O3S. The number of carbonyl (C=O) groups excluding carboxylic acids is 2. The zero-order valence-corrected chi connectivity index (χ0v) is 13.6. The molecule has 2 heterocycles. The van der Waals surface area contributed by atoms with E-state index in [1.165, 1.54) is 4.52 Å². The first-order valence-corrected chi connectivity index (χ1v) is 7.58. The lowest BCUT2D eigenvalue weighted by Crippen LogP contribution is -2.43. The van der Waals surface area contributed by atoms with Crippen LogP contribution in [-0.2, 0) is 9.53 Å². The summed E-state index contributed by atoms with van der Waals surface area (Å²) in [4.78, 5) is 28.0. The van der Waals surface area contributed by atoms with Crippen molar-refractivity contribution in [3.05, 3.63) is 28.6 Å². The van der Waals surface area contributed by atoms with Gasteiger partial charge in [0.2, 0.25) is 0 Å². The van der Waals surface area contributed by atoms with Crippen LogP contribution in [0.1, 0.15) is 17.4 Å². The van der Waals surface area contributed by atoms with Gasteiger partial charge in [0.15, 0.2) is 11.3 Å². The van der Waals surface area contributed by atoms with Gasteiger partial charge in [-0.1, -0.05) is 0 Å². The van der Waals surface area contributed by atoms with Gasteiger partial charge >= 0.3 is 5.97 Å². The molecule has 0 aliphatic rings. The minimum atomic E-state index is -0.828. The second kappa shape index (κ2) is 6.90. The topological polar surface area (TPSA) is 85.6 Å². The maximum Gasteiger partial charge on any atom is 0.329 e. The Morgan fingerprint density at radius 1 is 1.57 bits per heavy atom. The van der Waals surface area contributed by atoms with Crippen molar-refractivity contribution in [3.63, 3.8) is 0 Å². The number of esters is 1. The molecule has 0 aliphatic heterocycles. The SMILES string of the molecule is CCOC(=O)[C@H](CS)NC(=O)c1nn2cccnc2c1Br. The normalized spacial score (nSPS) is 12.1. The van der Waals surface area contributed by atoms with Gasteiger partial charge in [-0.25, -0.2) is 14.3 Å². The van der Waals surface area contributed by atoms with Crippen molar-refractivity contribution in [2.24, 2.45) is 0 Å². The molecule has 1 atom stereocenters. The van der Waals surface area contributed by atoms with Gasteiger partial charge in [0.05, 0.1) is 11.1 Å². The number of ether oxygens (including phenoxy) is 1. The smallest absolute Gasteiger partial charge is 0.329 e. The van der Waals surface area contributed by atoms with Gasteiger partial charge in [-0.05, 0) is 28.9 Å². The van der Waals surface area contributed by atoms with E-state index in [4.69, 9.17) is 4.74 Å². The number of nitrogens with one attached hydrogen (secondary N) is 1. The Morgan fingerprint density at radius 2 is 2.33 bits per heavy atom. The van der Waals surface area contributed by atoms with Gasteiger partial charge in [0.1, 0.15) is 6.04 Å². The highest BCUT2D eigenvalue weighted by molar-refractivity contribution is 9.10. The highest BCUT2D eigenvalue weighted by Crippen LogP contribution is 2.20.